The summed E-state index contributed by atoms with van der Waals surface area (Å²) in [4.78, 5) is 22.6. The molecule has 0 saturated carbocycles. The zero-order chi connectivity index (χ0) is 13.5. The van der Waals surface area contributed by atoms with Crippen molar-refractivity contribution >= 4 is 11.9 Å². The Kier molecular flexibility index (Phi) is 5.29. The predicted molar refractivity (Wildman–Crippen MR) is 63.8 cm³/mol. The standard InChI is InChI=1S/C11H18N4O3/c1-8(2)4-5-12-10(16)7-15-6-9(13-14-15)11(17)18-3/h6,8H,4-5,7H2,1-3H3,(H,12,16). The van der Waals surface area contributed by atoms with Crippen LogP contribution in [-0.4, -0.2) is 40.5 Å². The van der Waals surface area contributed by atoms with E-state index in [1.165, 1.54) is 18.0 Å². The molecular formula is C11H18N4O3. The number of hydrogen-bond donors (Lipinski definition) is 1. The number of hydrogen-bond acceptors (Lipinski definition) is 5. The van der Waals surface area contributed by atoms with Gasteiger partial charge in [-0.1, -0.05) is 19.1 Å². The minimum Gasteiger partial charge on any atom is -0.464 e. The minimum absolute atomic E-state index is 0.0437. The molecule has 0 aromatic carbocycles. The number of esters is 1. The smallest absolute Gasteiger partial charge is 0.360 e. The Hall–Kier alpha value is -1.92. The van der Waals surface area contributed by atoms with Gasteiger partial charge < -0.3 is 10.1 Å². The Labute approximate surface area is 105 Å². The summed E-state index contributed by atoms with van der Waals surface area (Å²) in [6.07, 6.45) is 2.31. The summed E-state index contributed by atoms with van der Waals surface area (Å²) < 4.78 is 5.79. The van der Waals surface area contributed by atoms with Crippen LogP contribution < -0.4 is 5.32 Å². The van der Waals surface area contributed by atoms with Crippen molar-refractivity contribution in [2.45, 2.75) is 26.8 Å². The predicted octanol–water partition coefficient (Wildman–Crippen LogP) is 0.227. The Balaban J connectivity index is 2.40. The molecule has 1 aromatic rings. The van der Waals surface area contributed by atoms with Gasteiger partial charge in [-0.15, -0.1) is 5.10 Å². The highest BCUT2D eigenvalue weighted by Gasteiger charge is 2.12. The van der Waals surface area contributed by atoms with Crippen LogP contribution in [0.4, 0.5) is 0 Å². The molecule has 1 N–H and O–H groups in total. The lowest BCUT2D eigenvalue weighted by molar-refractivity contribution is -0.121. The minimum atomic E-state index is -0.568. The van der Waals surface area contributed by atoms with Crippen molar-refractivity contribution in [1.82, 2.24) is 20.3 Å². The third-order valence-corrected chi connectivity index (χ3v) is 2.28. The number of amides is 1. The highest BCUT2D eigenvalue weighted by Crippen LogP contribution is 1.97. The molecule has 0 atom stereocenters. The number of carbonyl (C=O) groups is 2. The second-order valence-electron chi connectivity index (χ2n) is 4.33. The van der Waals surface area contributed by atoms with E-state index in [1.807, 2.05) is 0 Å². The monoisotopic (exact) mass is 254 g/mol. The van der Waals surface area contributed by atoms with Gasteiger partial charge in [0, 0.05) is 6.54 Å². The number of methoxy groups -OCH3 is 1. The molecule has 0 unspecified atom stereocenters. The molecule has 0 saturated heterocycles. The molecule has 0 spiro atoms. The lowest BCUT2D eigenvalue weighted by Crippen LogP contribution is -2.29. The molecule has 0 aliphatic heterocycles. The lowest BCUT2D eigenvalue weighted by atomic mass is 10.1. The third-order valence-electron chi connectivity index (χ3n) is 2.28. The van der Waals surface area contributed by atoms with Crippen molar-refractivity contribution in [2.24, 2.45) is 5.92 Å². The maximum Gasteiger partial charge on any atom is 0.360 e. The summed E-state index contributed by atoms with van der Waals surface area (Å²) in [5.41, 5.74) is 0.0903. The summed E-state index contributed by atoms with van der Waals surface area (Å²) in [6.45, 7) is 4.86. The van der Waals surface area contributed by atoms with Gasteiger partial charge in [-0.3, -0.25) is 4.79 Å². The number of aromatic nitrogens is 3. The fraction of sp³-hybridized carbons (Fsp3) is 0.636. The van der Waals surface area contributed by atoms with Gasteiger partial charge in [0.2, 0.25) is 5.91 Å². The third kappa shape index (κ3) is 4.52. The highest BCUT2D eigenvalue weighted by molar-refractivity contribution is 5.86. The van der Waals surface area contributed by atoms with Crippen LogP contribution in [0, 0.1) is 5.92 Å². The SMILES string of the molecule is COC(=O)c1cn(CC(=O)NCCC(C)C)nn1. The summed E-state index contributed by atoms with van der Waals surface area (Å²) in [5.74, 6) is -0.180. The highest BCUT2D eigenvalue weighted by atomic mass is 16.5. The van der Waals surface area contributed by atoms with Crippen LogP contribution >= 0.6 is 0 Å². The molecule has 7 heteroatoms. The van der Waals surface area contributed by atoms with Gasteiger partial charge in [0.15, 0.2) is 5.69 Å². The molecule has 1 heterocycles. The summed E-state index contributed by atoms with van der Waals surface area (Å²) >= 11 is 0. The molecule has 0 aliphatic carbocycles. The molecule has 100 valence electrons. The molecule has 0 radical (unpaired) electrons. The summed E-state index contributed by atoms with van der Waals surface area (Å²) in [5, 5.41) is 10.1. The lowest BCUT2D eigenvalue weighted by Gasteiger charge is -2.06. The van der Waals surface area contributed by atoms with Gasteiger partial charge in [-0.25, -0.2) is 9.48 Å². The van der Waals surface area contributed by atoms with Crippen LogP contribution in [0.3, 0.4) is 0 Å². The van der Waals surface area contributed by atoms with E-state index in [0.717, 1.165) is 6.42 Å². The number of nitrogens with one attached hydrogen (secondary N) is 1. The van der Waals surface area contributed by atoms with Crippen molar-refractivity contribution in [1.29, 1.82) is 0 Å². The van der Waals surface area contributed by atoms with E-state index in [4.69, 9.17) is 0 Å². The van der Waals surface area contributed by atoms with E-state index in [-0.39, 0.29) is 18.1 Å². The molecular weight excluding hydrogens is 236 g/mol. The number of carbonyl (C=O) groups excluding carboxylic acids is 2. The molecule has 18 heavy (non-hydrogen) atoms. The fourth-order valence-corrected chi connectivity index (χ4v) is 1.28. The van der Waals surface area contributed by atoms with E-state index in [9.17, 15) is 9.59 Å². The summed E-state index contributed by atoms with van der Waals surface area (Å²) in [7, 11) is 1.26. The largest absolute Gasteiger partial charge is 0.464 e. The van der Waals surface area contributed by atoms with Gasteiger partial charge in [0.05, 0.1) is 13.3 Å². The zero-order valence-electron chi connectivity index (χ0n) is 10.8. The van der Waals surface area contributed by atoms with Crippen LogP contribution in [0.2, 0.25) is 0 Å². The average Bonchev–Trinajstić information content (AvgIpc) is 2.76. The normalized spacial score (nSPS) is 10.4. The molecule has 1 rings (SSSR count). The van der Waals surface area contributed by atoms with E-state index in [1.54, 1.807) is 0 Å². The van der Waals surface area contributed by atoms with Crippen LogP contribution in [0.15, 0.2) is 6.20 Å². The molecule has 0 fully saturated rings. The van der Waals surface area contributed by atoms with Gasteiger partial charge in [0.25, 0.3) is 0 Å². The van der Waals surface area contributed by atoms with Crippen molar-refractivity contribution in [3.8, 4) is 0 Å². The molecule has 1 aromatic heterocycles. The first kappa shape index (κ1) is 14.1. The van der Waals surface area contributed by atoms with Crippen molar-refractivity contribution < 1.29 is 14.3 Å². The number of nitrogens with zero attached hydrogens (tertiary/aromatic N) is 3. The second kappa shape index (κ2) is 6.73. The van der Waals surface area contributed by atoms with Crippen LogP contribution in [0.5, 0.6) is 0 Å². The number of ether oxygens (including phenoxy) is 1. The first-order chi connectivity index (χ1) is 8.52. The van der Waals surface area contributed by atoms with Crippen molar-refractivity contribution in [3.63, 3.8) is 0 Å². The summed E-state index contributed by atoms with van der Waals surface area (Å²) in [6, 6.07) is 0. The molecule has 0 bridgehead atoms. The van der Waals surface area contributed by atoms with Crippen LogP contribution in [0.25, 0.3) is 0 Å². The zero-order valence-corrected chi connectivity index (χ0v) is 10.8. The van der Waals surface area contributed by atoms with E-state index in [0.29, 0.717) is 12.5 Å². The Morgan fingerprint density at radius 1 is 1.50 bits per heavy atom. The van der Waals surface area contributed by atoms with Crippen LogP contribution in [-0.2, 0) is 16.1 Å². The molecule has 1 amide bonds. The van der Waals surface area contributed by atoms with E-state index < -0.39 is 5.97 Å². The van der Waals surface area contributed by atoms with Gasteiger partial charge in [-0.2, -0.15) is 0 Å². The average molecular weight is 254 g/mol. The molecule has 0 aliphatic rings. The fourth-order valence-electron chi connectivity index (χ4n) is 1.28. The van der Waals surface area contributed by atoms with Gasteiger partial charge in [-0.05, 0) is 12.3 Å². The first-order valence-corrected chi connectivity index (χ1v) is 5.78. The van der Waals surface area contributed by atoms with E-state index in [2.05, 4.69) is 34.2 Å². The quantitative estimate of drug-likeness (QED) is 0.734. The maximum atomic E-state index is 11.5. The maximum absolute atomic E-state index is 11.5. The topological polar surface area (TPSA) is 86.1 Å². The molecule has 7 nitrogen and oxygen atoms in total. The first-order valence-electron chi connectivity index (χ1n) is 5.78. The van der Waals surface area contributed by atoms with Crippen molar-refractivity contribution in [2.75, 3.05) is 13.7 Å². The second-order valence-corrected chi connectivity index (χ2v) is 4.33. The Morgan fingerprint density at radius 2 is 2.22 bits per heavy atom. The van der Waals surface area contributed by atoms with Crippen molar-refractivity contribution in [3.05, 3.63) is 11.9 Å². The van der Waals surface area contributed by atoms with Gasteiger partial charge in [0.1, 0.15) is 6.54 Å². The Morgan fingerprint density at radius 3 is 2.83 bits per heavy atom. The Bertz CT molecular complexity index is 414. The van der Waals surface area contributed by atoms with Crippen LogP contribution in [0.1, 0.15) is 30.8 Å². The van der Waals surface area contributed by atoms with Gasteiger partial charge >= 0.3 is 5.97 Å². The van der Waals surface area contributed by atoms with E-state index >= 15 is 0 Å². The number of rotatable bonds is 6.